The normalized spacial score (nSPS) is 18.7. The molecule has 1 aliphatic rings. The van der Waals surface area contributed by atoms with Crippen molar-refractivity contribution in [3.05, 3.63) is 35.9 Å². The van der Waals surface area contributed by atoms with Gasteiger partial charge in [0.25, 0.3) is 0 Å². The molecule has 36 heavy (non-hydrogen) atoms. The summed E-state index contributed by atoms with van der Waals surface area (Å²) in [6.07, 6.45) is -0.770. The zero-order chi connectivity index (χ0) is 26.3. The first-order valence-corrected chi connectivity index (χ1v) is 12.1. The van der Waals surface area contributed by atoms with Crippen LogP contribution in [0.2, 0.25) is 0 Å². The van der Waals surface area contributed by atoms with Crippen LogP contribution in [0.5, 0.6) is 0 Å². The fraction of sp³-hybridized carbons (Fsp3) is 0.625. The molecular formula is C24H38N4O8. The van der Waals surface area contributed by atoms with Crippen molar-refractivity contribution >= 4 is 17.9 Å². The molecule has 12 nitrogen and oxygen atoms in total. The van der Waals surface area contributed by atoms with Gasteiger partial charge in [-0.25, -0.2) is 0 Å². The smallest absolute Gasteiger partial charge is 0.317 e. The number of hydrogen-bond acceptors (Lipinski definition) is 9. The molecule has 0 aliphatic carbocycles. The van der Waals surface area contributed by atoms with E-state index in [1.54, 1.807) is 14.7 Å². The van der Waals surface area contributed by atoms with E-state index in [-0.39, 0.29) is 26.2 Å². The molecule has 2 rings (SSSR count). The van der Waals surface area contributed by atoms with E-state index < -0.39 is 24.0 Å². The number of β-amino-alcohol motifs (C(OH)–C–C–N with tert-alkyl or cyclic N) is 1. The lowest BCUT2D eigenvalue weighted by Gasteiger charge is -2.33. The lowest BCUT2D eigenvalue weighted by molar-refractivity contribution is -0.140. The maximum atomic E-state index is 11.4. The molecule has 4 N–H and O–H groups in total. The first-order chi connectivity index (χ1) is 17.2. The van der Waals surface area contributed by atoms with Gasteiger partial charge in [0.05, 0.1) is 39.0 Å². The van der Waals surface area contributed by atoms with Crippen LogP contribution in [0.3, 0.4) is 0 Å². The van der Waals surface area contributed by atoms with Crippen LogP contribution >= 0.6 is 0 Å². The first kappa shape index (κ1) is 29.6. The Bertz CT molecular complexity index is 781. The molecule has 0 spiro atoms. The van der Waals surface area contributed by atoms with Crippen LogP contribution in [0.4, 0.5) is 0 Å². The largest absolute Gasteiger partial charge is 0.480 e. The standard InChI is InChI=1S/C24H38N4O8/c29-21(19-36-18-20-4-2-1-3-5-20)14-25-6-8-26(15-22(30)31)10-12-28(17-24(34)35)13-11-27(9-7-25)16-23(32)33/h1-5,21,29H,6-19H2,(H,30,31)(H,32,33)(H,34,35). The molecule has 0 aromatic heterocycles. The molecule has 0 saturated carbocycles. The highest BCUT2D eigenvalue weighted by Gasteiger charge is 2.21. The molecule has 1 aromatic carbocycles. The molecule has 1 heterocycles. The van der Waals surface area contributed by atoms with Crippen molar-refractivity contribution in [2.24, 2.45) is 0 Å². The van der Waals surface area contributed by atoms with Crippen molar-refractivity contribution in [1.82, 2.24) is 19.6 Å². The van der Waals surface area contributed by atoms with Gasteiger partial charge in [-0.05, 0) is 5.56 Å². The summed E-state index contributed by atoms with van der Waals surface area (Å²) < 4.78 is 5.64. The zero-order valence-electron chi connectivity index (χ0n) is 20.6. The average Bonchev–Trinajstić information content (AvgIpc) is 2.80. The van der Waals surface area contributed by atoms with E-state index in [1.807, 2.05) is 35.2 Å². The number of carboxylic acid groups (broad SMARTS) is 3. The van der Waals surface area contributed by atoms with Crippen molar-refractivity contribution < 1.29 is 39.5 Å². The zero-order valence-corrected chi connectivity index (χ0v) is 20.6. The van der Waals surface area contributed by atoms with Gasteiger partial charge >= 0.3 is 17.9 Å². The number of nitrogens with zero attached hydrogens (tertiary/aromatic N) is 4. The van der Waals surface area contributed by atoms with Gasteiger partial charge in [0, 0.05) is 58.9 Å². The molecular weight excluding hydrogens is 472 g/mol. The Morgan fingerprint density at radius 2 is 1.08 bits per heavy atom. The van der Waals surface area contributed by atoms with Gasteiger partial charge in [0.2, 0.25) is 0 Å². The Morgan fingerprint density at radius 3 is 1.47 bits per heavy atom. The summed E-state index contributed by atoms with van der Waals surface area (Å²) in [5.41, 5.74) is 1.00. The third-order valence-corrected chi connectivity index (χ3v) is 5.90. The molecule has 0 amide bonds. The van der Waals surface area contributed by atoms with Crippen LogP contribution in [0.25, 0.3) is 0 Å². The van der Waals surface area contributed by atoms with Gasteiger partial charge in [-0.15, -0.1) is 0 Å². The second-order valence-electron chi connectivity index (χ2n) is 8.96. The molecule has 0 radical (unpaired) electrons. The van der Waals surface area contributed by atoms with Gasteiger partial charge < -0.3 is 25.2 Å². The summed E-state index contributed by atoms with van der Waals surface area (Å²) in [6.45, 7) is 3.38. The van der Waals surface area contributed by atoms with E-state index in [0.717, 1.165) is 5.56 Å². The maximum absolute atomic E-state index is 11.4. The fourth-order valence-corrected chi connectivity index (χ4v) is 4.05. The number of carboxylic acids is 3. The predicted molar refractivity (Wildman–Crippen MR) is 131 cm³/mol. The third-order valence-electron chi connectivity index (χ3n) is 5.90. The quantitative estimate of drug-likeness (QED) is 0.274. The number of aliphatic carboxylic acids is 3. The van der Waals surface area contributed by atoms with Crippen LogP contribution in [0, 0.1) is 0 Å². The Kier molecular flexibility index (Phi) is 13.3. The van der Waals surface area contributed by atoms with Crippen molar-refractivity contribution in [2.75, 3.05) is 85.1 Å². The summed E-state index contributed by atoms with van der Waals surface area (Å²) >= 11 is 0. The van der Waals surface area contributed by atoms with Crippen molar-refractivity contribution in [3.8, 4) is 0 Å². The van der Waals surface area contributed by atoms with E-state index in [4.69, 9.17) is 4.74 Å². The topological polar surface area (TPSA) is 154 Å². The van der Waals surface area contributed by atoms with E-state index >= 15 is 0 Å². The highest BCUT2D eigenvalue weighted by molar-refractivity contribution is 5.69. The Balaban J connectivity index is 2.01. The minimum atomic E-state index is -0.994. The molecule has 1 saturated heterocycles. The number of benzene rings is 1. The molecule has 1 aliphatic heterocycles. The number of aliphatic hydroxyl groups is 1. The second-order valence-corrected chi connectivity index (χ2v) is 8.96. The van der Waals surface area contributed by atoms with Crippen LogP contribution in [0.1, 0.15) is 5.56 Å². The summed E-state index contributed by atoms with van der Waals surface area (Å²) in [6, 6.07) is 9.62. The molecule has 1 atom stereocenters. The Labute approximate surface area is 211 Å². The number of aliphatic hydroxyl groups excluding tert-OH is 1. The van der Waals surface area contributed by atoms with Crippen LogP contribution in [-0.2, 0) is 25.7 Å². The lowest BCUT2D eigenvalue weighted by atomic mass is 10.2. The van der Waals surface area contributed by atoms with Crippen molar-refractivity contribution in [2.45, 2.75) is 12.7 Å². The number of rotatable bonds is 12. The lowest BCUT2D eigenvalue weighted by Crippen LogP contribution is -2.49. The van der Waals surface area contributed by atoms with Crippen LogP contribution in [0.15, 0.2) is 30.3 Å². The monoisotopic (exact) mass is 510 g/mol. The summed E-state index contributed by atoms with van der Waals surface area (Å²) in [5, 5.41) is 38.4. The van der Waals surface area contributed by atoms with Gasteiger partial charge in [0.1, 0.15) is 0 Å². The molecule has 12 heteroatoms. The third kappa shape index (κ3) is 12.9. The van der Waals surface area contributed by atoms with Gasteiger partial charge in [-0.3, -0.25) is 34.0 Å². The summed E-state index contributed by atoms with van der Waals surface area (Å²) in [4.78, 5) is 41.2. The number of ether oxygens (including phenoxy) is 1. The molecule has 1 fully saturated rings. The van der Waals surface area contributed by atoms with E-state index in [9.17, 15) is 34.8 Å². The Morgan fingerprint density at radius 1 is 0.694 bits per heavy atom. The van der Waals surface area contributed by atoms with Gasteiger partial charge in [-0.1, -0.05) is 30.3 Å². The van der Waals surface area contributed by atoms with Gasteiger partial charge in [0.15, 0.2) is 0 Å². The summed E-state index contributed by atoms with van der Waals surface area (Å²) in [5.74, 6) is -2.94. The van der Waals surface area contributed by atoms with Crippen LogP contribution < -0.4 is 0 Å². The van der Waals surface area contributed by atoms with Gasteiger partial charge in [-0.2, -0.15) is 0 Å². The highest BCUT2D eigenvalue weighted by Crippen LogP contribution is 2.04. The van der Waals surface area contributed by atoms with E-state index in [0.29, 0.717) is 65.5 Å². The predicted octanol–water partition coefficient (Wildman–Crippen LogP) is -0.960. The van der Waals surface area contributed by atoms with Crippen LogP contribution in [-0.4, -0.2) is 149 Å². The van der Waals surface area contributed by atoms with Crippen molar-refractivity contribution in [3.63, 3.8) is 0 Å². The molecule has 1 aromatic rings. The average molecular weight is 511 g/mol. The number of carbonyl (C=O) groups is 3. The maximum Gasteiger partial charge on any atom is 0.317 e. The van der Waals surface area contributed by atoms with E-state index in [2.05, 4.69) is 0 Å². The minimum absolute atomic E-state index is 0.132. The second kappa shape index (κ2) is 16.2. The van der Waals surface area contributed by atoms with Crippen molar-refractivity contribution in [1.29, 1.82) is 0 Å². The number of hydrogen-bond donors (Lipinski definition) is 4. The first-order valence-electron chi connectivity index (χ1n) is 12.1. The fourth-order valence-electron chi connectivity index (χ4n) is 4.05. The van der Waals surface area contributed by atoms with E-state index in [1.165, 1.54) is 0 Å². The summed E-state index contributed by atoms with van der Waals surface area (Å²) in [7, 11) is 0. The highest BCUT2D eigenvalue weighted by atomic mass is 16.5. The molecule has 1 unspecified atom stereocenters. The Hall–Kier alpha value is -2.61. The molecule has 202 valence electrons. The minimum Gasteiger partial charge on any atom is -0.480 e. The molecule has 0 bridgehead atoms. The SMILES string of the molecule is O=C(O)CN1CCN(CC(=O)O)CCN(CC(O)COCc2ccccc2)CCN(CC(=O)O)CC1.